The average Bonchev–Trinajstić information content (AvgIpc) is 2.82. The van der Waals surface area contributed by atoms with E-state index < -0.39 is 0 Å². The van der Waals surface area contributed by atoms with E-state index in [1.165, 1.54) is 11.1 Å². The molecular formula is C14H16N2OS. The summed E-state index contributed by atoms with van der Waals surface area (Å²) in [5.41, 5.74) is 8.27. The van der Waals surface area contributed by atoms with Gasteiger partial charge in [-0.05, 0) is 47.1 Å². The molecule has 0 saturated carbocycles. The number of carbonyl (C=O) groups is 1. The predicted octanol–water partition coefficient (Wildman–Crippen LogP) is 2.48. The molecule has 0 saturated heterocycles. The zero-order chi connectivity index (χ0) is 13.0. The van der Waals surface area contributed by atoms with Crippen LogP contribution in [0.15, 0.2) is 41.1 Å². The first kappa shape index (κ1) is 12.8. The van der Waals surface area contributed by atoms with E-state index >= 15 is 0 Å². The van der Waals surface area contributed by atoms with Crippen molar-refractivity contribution in [2.24, 2.45) is 5.73 Å². The highest BCUT2D eigenvalue weighted by Crippen LogP contribution is 2.11. The zero-order valence-corrected chi connectivity index (χ0v) is 11.1. The second kappa shape index (κ2) is 5.80. The molecule has 1 amide bonds. The van der Waals surface area contributed by atoms with Crippen molar-refractivity contribution in [1.82, 2.24) is 4.90 Å². The summed E-state index contributed by atoms with van der Waals surface area (Å²) in [6.45, 7) is 1.79. The first-order valence-electron chi connectivity index (χ1n) is 5.73. The van der Waals surface area contributed by atoms with Gasteiger partial charge in [0.1, 0.15) is 0 Å². The van der Waals surface area contributed by atoms with Gasteiger partial charge in [-0.1, -0.05) is 12.1 Å². The van der Waals surface area contributed by atoms with Gasteiger partial charge in [0.05, 0.1) is 0 Å². The van der Waals surface area contributed by atoms with Crippen LogP contribution in [0.2, 0.25) is 0 Å². The van der Waals surface area contributed by atoms with Gasteiger partial charge in [-0.2, -0.15) is 11.3 Å². The van der Waals surface area contributed by atoms with Crippen LogP contribution in [0.1, 0.15) is 21.5 Å². The number of benzene rings is 1. The fourth-order valence-electron chi connectivity index (χ4n) is 1.84. The lowest BCUT2D eigenvalue weighted by molar-refractivity contribution is 0.100. The van der Waals surface area contributed by atoms with Crippen molar-refractivity contribution in [1.29, 1.82) is 0 Å². The van der Waals surface area contributed by atoms with E-state index in [0.29, 0.717) is 5.56 Å². The Labute approximate surface area is 111 Å². The number of amides is 1. The molecule has 2 N–H and O–H groups in total. The zero-order valence-electron chi connectivity index (χ0n) is 10.3. The fraction of sp³-hybridized carbons (Fsp3) is 0.214. The number of hydrogen-bond acceptors (Lipinski definition) is 3. The highest BCUT2D eigenvalue weighted by molar-refractivity contribution is 7.07. The molecule has 1 heterocycles. The Hall–Kier alpha value is -1.65. The van der Waals surface area contributed by atoms with Crippen molar-refractivity contribution in [2.75, 3.05) is 7.05 Å². The van der Waals surface area contributed by atoms with Gasteiger partial charge < -0.3 is 5.73 Å². The smallest absolute Gasteiger partial charge is 0.248 e. The lowest BCUT2D eigenvalue weighted by atomic mass is 10.1. The van der Waals surface area contributed by atoms with Crippen LogP contribution >= 0.6 is 11.3 Å². The number of nitrogens with two attached hydrogens (primary N) is 1. The normalized spacial score (nSPS) is 10.8. The molecule has 0 aliphatic rings. The van der Waals surface area contributed by atoms with Gasteiger partial charge in [0.25, 0.3) is 0 Å². The van der Waals surface area contributed by atoms with E-state index in [0.717, 1.165) is 13.1 Å². The van der Waals surface area contributed by atoms with E-state index in [1.54, 1.807) is 23.5 Å². The van der Waals surface area contributed by atoms with Crippen LogP contribution in [0.4, 0.5) is 0 Å². The van der Waals surface area contributed by atoms with Crippen LogP contribution in [0, 0.1) is 0 Å². The lowest BCUT2D eigenvalue weighted by Gasteiger charge is -2.16. The van der Waals surface area contributed by atoms with E-state index in [9.17, 15) is 4.79 Å². The Morgan fingerprint density at radius 1 is 1.17 bits per heavy atom. The summed E-state index contributed by atoms with van der Waals surface area (Å²) < 4.78 is 0. The number of primary amides is 1. The molecule has 3 nitrogen and oxygen atoms in total. The van der Waals surface area contributed by atoms with Crippen molar-refractivity contribution in [3.63, 3.8) is 0 Å². The molecule has 0 atom stereocenters. The van der Waals surface area contributed by atoms with Crippen molar-refractivity contribution in [2.45, 2.75) is 13.1 Å². The summed E-state index contributed by atoms with van der Waals surface area (Å²) in [6, 6.07) is 9.58. The lowest BCUT2D eigenvalue weighted by Crippen LogP contribution is -2.17. The van der Waals surface area contributed by atoms with Gasteiger partial charge in [-0.25, -0.2) is 0 Å². The van der Waals surface area contributed by atoms with E-state index in [4.69, 9.17) is 5.73 Å². The van der Waals surface area contributed by atoms with Crippen molar-refractivity contribution in [3.05, 3.63) is 57.8 Å². The molecule has 1 aromatic carbocycles. The van der Waals surface area contributed by atoms with Gasteiger partial charge in [-0.15, -0.1) is 0 Å². The third kappa shape index (κ3) is 3.42. The third-order valence-electron chi connectivity index (χ3n) is 2.72. The number of hydrogen-bond donors (Lipinski definition) is 1. The standard InChI is InChI=1S/C14H16N2OS/c1-16(9-12-6-7-18-10-12)8-11-2-4-13(5-3-11)14(15)17/h2-7,10H,8-9H2,1H3,(H2,15,17). The van der Waals surface area contributed by atoms with Crippen LogP contribution in [0.25, 0.3) is 0 Å². The maximum atomic E-state index is 11.0. The number of thiophene rings is 1. The quantitative estimate of drug-likeness (QED) is 0.897. The molecule has 4 heteroatoms. The Balaban J connectivity index is 1.94. The van der Waals surface area contributed by atoms with Gasteiger partial charge in [-0.3, -0.25) is 9.69 Å². The van der Waals surface area contributed by atoms with Crippen LogP contribution in [-0.4, -0.2) is 17.9 Å². The van der Waals surface area contributed by atoms with Crippen LogP contribution < -0.4 is 5.73 Å². The first-order chi connectivity index (χ1) is 8.65. The number of rotatable bonds is 5. The summed E-state index contributed by atoms with van der Waals surface area (Å²) >= 11 is 1.71. The molecule has 0 radical (unpaired) electrons. The van der Waals surface area contributed by atoms with Crippen molar-refractivity contribution >= 4 is 17.2 Å². The Morgan fingerprint density at radius 3 is 2.39 bits per heavy atom. The van der Waals surface area contributed by atoms with Crippen LogP contribution in [0.3, 0.4) is 0 Å². The molecule has 1 aromatic heterocycles. The average molecular weight is 260 g/mol. The van der Waals surface area contributed by atoms with Gasteiger partial charge >= 0.3 is 0 Å². The minimum atomic E-state index is -0.381. The van der Waals surface area contributed by atoms with Crippen molar-refractivity contribution < 1.29 is 4.79 Å². The summed E-state index contributed by atoms with van der Waals surface area (Å²) in [7, 11) is 2.08. The molecule has 0 aliphatic heterocycles. The van der Waals surface area contributed by atoms with Gasteiger partial charge in [0, 0.05) is 18.7 Å². The van der Waals surface area contributed by atoms with E-state index in [2.05, 4.69) is 28.8 Å². The highest BCUT2D eigenvalue weighted by atomic mass is 32.1. The molecule has 2 rings (SSSR count). The summed E-state index contributed by atoms with van der Waals surface area (Å²) in [4.78, 5) is 13.2. The third-order valence-corrected chi connectivity index (χ3v) is 3.46. The highest BCUT2D eigenvalue weighted by Gasteiger charge is 2.04. The molecule has 0 bridgehead atoms. The molecule has 94 valence electrons. The monoisotopic (exact) mass is 260 g/mol. The largest absolute Gasteiger partial charge is 0.366 e. The number of nitrogens with zero attached hydrogens (tertiary/aromatic N) is 1. The minimum Gasteiger partial charge on any atom is -0.366 e. The van der Waals surface area contributed by atoms with Gasteiger partial charge in [0.15, 0.2) is 0 Å². The van der Waals surface area contributed by atoms with Gasteiger partial charge in [0.2, 0.25) is 5.91 Å². The Morgan fingerprint density at radius 2 is 1.83 bits per heavy atom. The molecule has 0 spiro atoms. The molecule has 0 unspecified atom stereocenters. The molecule has 0 aliphatic carbocycles. The molecule has 2 aromatic rings. The second-order valence-electron chi connectivity index (χ2n) is 4.37. The maximum Gasteiger partial charge on any atom is 0.248 e. The van der Waals surface area contributed by atoms with E-state index in [-0.39, 0.29) is 5.91 Å². The first-order valence-corrected chi connectivity index (χ1v) is 6.68. The number of carbonyl (C=O) groups excluding carboxylic acids is 1. The molecule has 18 heavy (non-hydrogen) atoms. The topological polar surface area (TPSA) is 46.3 Å². The van der Waals surface area contributed by atoms with E-state index in [1.807, 2.05) is 12.1 Å². The summed E-state index contributed by atoms with van der Waals surface area (Å²) in [5.74, 6) is -0.381. The summed E-state index contributed by atoms with van der Waals surface area (Å²) in [5, 5.41) is 4.25. The molecule has 0 fully saturated rings. The Kier molecular flexibility index (Phi) is 4.12. The summed E-state index contributed by atoms with van der Waals surface area (Å²) in [6.07, 6.45) is 0. The van der Waals surface area contributed by atoms with Crippen LogP contribution in [-0.2, 0) is 13.1 Å². The minimum absolute atomic E-state index is 0.381. The SMILES string of the molecule is CN(Cc1ccc(C(N)=O)cc1)Cc1ccsc1. The predicted molar refractivity (Wildman–Crippen MR) is 74.4 cm³/mol. The second-order valence-corrected chi connectivity index (χ2v) is 5.15. The Bertz CT molecular complexity index is 505. The molecular weight excluding hydrogens is 244 g/mol. The van der Waals surface area contributed by atoms with Crippen LogP contribution in [0.5, 0.6) is 0 Å². The van der Waals surface area contributed by atoms with Crippen molar-refractivity contribution in [3.8, 4) is 0 Å². The fourth-order valence-corrected chi connectivity index (χ4v) is 2.50. The maximum absolute atomic E-state index is 11.0.